The SMILES string of the molecule is CCc1cc(=O)[nH]c(N/N=C\c2cc([N+](=O)[O-])cc(OC)c2O)n1. The molecule has 0 unspecified atom stereocenters. The fourth-order valence-electron chi connectivity index (χ4n) is 1.88. The maximum atomic E-state index is 11.4. The van der Waals surface area contributed by atoms with E-state index in [0.717, 1.165) is 18.3 Å². The van der Waals surface area contributed by atoms with Crippen LogP contribution in [0.5, 0.6) is 11.5 Å². The second kappa shape index (κ2) is 7.22. The van der Waals surface area contributed by atoms with Crippen molar-refractivity contribution in [3.05, 3.63) is 49.9 Å². The number of non-ortho nitro benzene ring substituents is 1. The van der Waals surface area contributed by atoms with Crippen LogP contribution in [0.15, 0.2) is 28.1 Å². The first-order chi connectivity index (χ1) is 11.4. The van der Waals surface area contributed by atoms with E-state index >= 15 is 0 Å². The largest absolute Gasteiger partial charge is 0.504 e. The van der Waals surface area contributed by atoms with Gasteiger partial charge in [0.25, 0.3) is 11.2 Å². The first-order valence-electron chi connectivity index (χ1n) is 6.89. The van der Waals surface area contributed by atoms with Crippen LogP contribution in [0.2, 0.25) is 0 Å². The average Bonchev–Trinajstić information content (AvgIpc) is 2.55. The zero-order valence-corrected chi connectivity index (χ0v) is 12.9. The molecule has 0 aliphatic carbocycles. The number of aromatic hydroxyl groups is 1. The van der Waals surface area contributed by atoms with E-state index < -0.39 is 4.92 Å². The third kappa shape index (κ3) is 3.85. The second-order valence-corrected chi connectivity index (χ2v) is 4.65. The number of H-pyrrole nitrogens is 1. The predicted molar refractivity (Wildman–Crippen MR) is 86.8 cm³/mol. The number of aromatic nitrogens is 2. The van der Waals surface area contributed by atoms with E-state index in [-0.39, 0.29) is 34.3 Å². The zero-order valence-electron chi connectivity index (χ0n) is 12.9. The molecular formula is C14H15N5O5. The summed E-state index contributed by atoms with van der Waals surface area (Å²) < 4.78 is 4.89. The van der Waals surface area contributed by atoms with E-state index in [1.165, 1.54) is 13.2 Å². The Labute approximate surface area is 136 Å². The number of anilines is 1. The lowest BCUT2D eigenvalue weighted by atomic mass is 10.2. The minimum atomic E-state index is -0.615. The number of hydrogen-bond acceptors (Lipinski definition) is 8. The lowest BCUT2D eigenvalue weighted by Crippen LogP contribution is -2.11. The van der Waals surface area contributed by atoms with Gasteiger partial charge >= 0.3 is 0 Å². The molecule has 0 radical (unpaired) electrons. The van der Waals surface area contributed by atoms with E-state index in [2.05, 4.69) is 20.5 Å². The van der Waals surface area contributed by atoms with Crippen molar-refractivity contribution in [2.24, 2.45) is 5.10 Å². The molecule has 0 spiro atoms. The number of aryl methyl sites for hydroxylation is 1. The number of ether oxygens (including phenoxy) is 1. The molecule has 0 aliphatic heterocycles. The molecule has 2 rings (SSSR count). The van der Waals surface area contributed by atoms with Crippen molar-refractivity contribution in [3.63, 3.8) is 0 Å². The number of aromatic amines is 1. The molecule has 10 nitrogen and oxygen atoms in total. The van der Waals surface area contributed by atoms with Crippen LogP contribution in [-0.4, -0.2) is 33.3 Å². The van der Waals surface area contributed by atoms with E-state index in [4.69, 9.17) is 4.74 Å². The first kappa shape index (κ1) is 16.9. The smallest absolute Gasteiger partial charge is 0.274 e. The third-order valence-electron chi connectivity index (χ3n) is 3.05. The van der Waals surface area contributed by atoms with Gasteiger partial charge in [-0.3, -0.25) is 19.9 Å². The fourth-order valence-corrected chi connectivity index (χ4v) is 1.88. The fraction of sp³-hybridized carbons (Fsp3) is 0.214. The van der Waals surface area contributed by atoms with Crippen molar-refractivity contribution in [2.75, 3.05) is 12.5 Å². The Morgan fingerprint density at radius 2 is 2.25 bits per heavy atom. The van der Waals surface area contributed by atoms with Gasteiger partial charge < -0.3 is 9.84 Å². The van der Waals surface area contributed by atoms with Gasteiger partial charge in [-0.15, -0.1) is 0 Å². The monoisotopic (exact) mass is 333 g/mol. The summed E-state index contributed by atoms with van der Waals surface area (Å²) in [5.41, 5.74) is 2.56. The molecule has 0 amide bonds. The number of benzene rings is 1. The van der Waals surface area contributed by atoms with Gasteiger partial charge in [-0.2, -0.15) is 5.10 Å². The van der Waals surface area contributed by atoms with Crippen LogP contribution in [0.25, 0.3) is 0 Å². The van der Waals surface area contributed by atoms with E-state index in [1.807, 2.05) is 6.92 Å². The van der Waals surface area contributed by atoms with Gasteiger partial charge in [0.05, 0.1) is 24.3 Å². The molecule has 0 saturated heterocycles. The van der Waals surface area contributed by atoms with E-state index in [1.54, 1.807) is 0 Å². The molecule has 0 bridgehead atoms. The maximum absolute atomic E-state index is 11.4. The lowest BCUT2D eigenvalue weighted by molar-refractivity contribution is -0.385. The maximum Gasteiger partial charge on any atom is 0.274 e. The number of phenols is 1. The summed E-state index contributed by atoms with van der Waals surface area (Å²) in [6.45, 7) is 1.85. The van der Waals surface area contributed by atoms with Gasteiger partial charge in [0.1, 0.15) is 0 Å². The van der Waals surface area contributed by atoms with Crippen LogP contribution in [0.4, 0.5) is 11.6 Å². The van der Waals surface area contributed by atoms with Crippen molar-refractivity contribution in [1.29, 1.82) is 0 Å². The highest BCUT2D eigenvalue weighted by Gasteiger charge is 2.15. The highest BCUT2D eigenvalue weighted by atomic mass is 16.6. The Morgan fingerprint density at radius 1 is 1.50 bits per heavy atom. The van der Waals surface area contributed by atoms with Crippen LogP contribution in [-0.2, 0) is 6.42 Å². The summed E-state index contributed by atoms with van der Waals surface area (Å²) in [4.78, 5) is 28.3. The second-order valence-electron chi connectivity index (χ2n) is 4.65. The number of rotatable bonds is 6. The number of nitro groups is 1. The molecule has 3 N–H and O–H groups in total. The number of hydrogen-bond donors (Lipinski definition) is 3. The Balaban J connectivity index is 2.29. The van der Waals surface area contributed by atoms with Gasteiger partial charge in [0.15, 0.2) is 11.5 Å². The summed E-state index contributed by atoms with van der Waals surface area (Å²) in [5, 5.41) is 24.7. The van der Waals surface area contributed by atoms with E-state index in [0.29, 0.717) is 12.1 Å². The van der Waals surface area contributed by atoms with Crippen LogP contribution in [0.1, 0.15) is 18.2 Å². The van der Waals surface area contributed by atoms with Gasteiger partial charge in [-0.05, 0) is 6.42 Å². The lowest BCUT2D eigenvalue weighted by Gasteiger charge is -2.06. The average molecular weight is 333 g/mol. The minimum absolute atomic E-state index is 0.0508. The number of phenolic OH excluding ortho intramolecular Hbond substituents is 1. The normalized spacial score (nSPS) is 10.8. The topological polar surface area (TPSA) is 143 Å². The summed E-state index contributed by atoms with van der Waals surface area (Å²) in [5.74, 6) is -0.227. The van der Waals surface area contributed by atoms with Crippen molar-refractivity contribution < 1.29 is 14.8 Å². The van der Waals surface area contributed by atoms with Crippen molar-refractivity contribution in [1.82, 2.24) is 9.97 Å². The van der Waals surface area contributed by atoms with Crippen LogP contribution in [0.3, 0.4) is 0 Å². The number of nitro benzene ring substituents is 1. The minimum Gasteiger partial charge on any atom is -0.504 e. The molecule has 1 heterocycles. The zero-order chi connectivity index (χ0) is 17.7. The molecule has 0 fully saturated rings. The number of hydrazone groups is 1. The molecular weight excluding hydrogens is 318 g/mol. The van der Waals surface area contributed by atoms with Crippen molar-refractivity contribution >= 4 is 17.9 Å². The predicted octanol–water partition coefficient (Wildman–Crippen LogP) is 1.40. The highest BCUT2D eigenvalue weighted by Crippen LogP contribution is 2.33. The van der Waals surface area contributed by atoms with Gasteiger partial charge in [-0.1, -0.05) is 6.92 Å². The molecule has 1 aromatic carbocycles. The Hall–Kier alpha value is -3.43. The Kier molecular flexibility index (Phi) is 5.09. The van der Waals surface area contributed by atoms with E-state index in [9.17, 15) is 20.0 Å². The van der Waals surface area contributed by atoms with Gasteiger partial charge in [0.2, 0.25) is 5.95 Å². The summed E-state index contributed by atoms with van der Waals surface area (Å²) in [7, 11) is 1.28. The standard InChI is InChI=1S/C14H15N5O5/c1-3-9-5-12(20)17-14(16-9)18-15-7-8-4-10(19(22)23)6-11(24-2)13(8)21/h4-7,21H,3H2,1-2H3,(H2,16,17,18,20)/b15-7-. The summed E-state index contributed by atoms with van der Waals surface area (Å²) in [6.07, 6.45) is 1.73. The Bertz CT molecular complexity index is 846. The third-order valence-corrected chi connectivity index (χ3v) is 3.05. The van der Waals surface area contributed by atoms with Crippen LogP contribution >= 0.6 is 0 Å². The first-order valence-corrected chi connectivity index (χ1v) is 6.89. The molecule has 1 aromatic heterocycles. The quantitative estimate of drug-likeness (QED) is 0.412. The summed E-state index contributed by atoms with van der Waals surface area (Å²) in [6, 6.07) is 3.61. The van der Waals surface area contributed by atoms with Gasteiger partial charge in [0, 0.05) is 23.4 Å². The van der Waals surface area contributed by atoms with Gasteiger partial charge in [-0.25, -0.2) is 10.4 Å². The molecule has 10 heteroatoms. The molecule has 126 valence electrons. The Morgan fingerprint density at radius 3 is 2.88 bits per heavy atom. The number of nitrogens with one attached hydrogen (secondary N) is 2. The molecule has 24 heavy (non-hydrogen) atoms. The molecule has 0 aliphatic rings. The van der Waals surface area contributed by atoms with Crippen LogP contribution < -0.4 is 15.7 Å². The summed E-state index contributed by atoms with van der Waals surface area (Å²) >= 11 is 0. The van der Waals surface area contributed by atoms with Crippen molar-refractivity contribution in [3.8, 4) is 11.5 Å². The molecule has 0 saturated carbocycles. The van der Waals surface area contributed by atoms with Crippen LogP contribution in [0, 0.1) is 10.1 Å². The van der Waals surface area contributed by atoms with Crippen molar-refractivity contribution in [2.45, 2.75) is 13.3 Å². The number of methoxy groups -OCH3 is 1. The molecule has 0 atom stereocenters. The highest BCUT2D eigenvalue weighted by molar-refractivity contribution is 5.86. The number of nitrogens with zero attached hydrogens (tertiary/aromatic N) is 3. The molecule has 2 aromatic rings.